The maximum absolute atomic E-state index is 12.9. The van der Waals surface area contributed by atoms with Gasteiger partial charge in [-0.2, -0.15) is 0 Å². The number of ether oxygens (including phenoxy) is 1. The van der Waals surface area contributed by atoms with Gasteiger partial charge in [-0.1, -0.05) is 60.7 Å². The fraction of sp³-hybridized carbons (Fsp3) is 0.381. The van der Waals surface area contributed by atoms with Crippen molar-refractivity contribution < 1.29 is 9.53 Å². The zero-order valence-corrected chi connectivity index (χ0v) is 14.4. The van der Waals surface area contributed by atoms with Crippen LogP contribution < -0.4 is 0 Å². The van der Waals surface area contributed by atoms with Crippen LogP contribution in [0, 0.1) is 0 Å². The van der Waals surface area contributed by atoms with Gasteiger partial charge in [-0.3, -0.25) is 4.79 Å². The number of amides is 1. The summed E-state index contributed by atoms with van der Waals surface area (Å²) in [4.78, 5) is 14.9. The highest BCUT2D eigenvalue weighted by molar-refractivity contribution is 5.78. The Balaban J connectivity index is 1.81. The smallest absolute Gasteiger partial charge is 0.223 e. The summed E-state index contributed by atoms with van der Waals surface area (Å²) in [7, 11) is 0. The second-order valence-corrected chi connectivity index (χ2v) is 6.63. The van der Waals surface area contributed by atoms with Crippen LogP contribution in [0.1, 0.15) is 37.3 Å². The monoisotopic (exact) mass is 323 g/mol. The molecule has 1 aliphatic heterocycles. The molecule has 1 saturated heterocycles. The maximum atomic E-state index is 12.9. The number of carbonyl (C=O) groups is 1. The molecule has 1 fully saturated rings. The van der Waals surface area contributed by atoms with E-state index in [-0.39, 0.29) is 24.0 Å². The summed E-state index contributed by atoms with van der Waals surface area (Å²) >= 11 is 0. The quantitative estimate of drug-likeness (QED) is 0.855. The molecule has 1 amide bonds. The van der Waals surface area contributed by atoms with Gasteiger partial charge in [0, 0.05) is 25.4 Å². The minimum Gasteiger partial charge on any atom is -0.372 e. The van der Waals surface area contributed by atoms with Crippen molar-refractivity contribution in [1.29, 1.82) is 0 Å². The molecule has 3 heteroatoms. The van der Waals surface area contributed by atoms with Gasteiger partial charge in [0.2, 0.25) is 5.91 Å². The second kappa shape index (κ2) is 7.63. The van der Waals surface area contributed by atoms with Crippen molar-refractivity contribution in [2.24, 2.45) is 0 Å². The Bertz CT molecular complexity index is 607. The van der Waals surface area contributed by atoms with Crippen LogP contribution in [-0.4, -0.2) is 36.1 Å². The highest BCUT2D eigenvalue weighted by Crippen LogP contribution is 2.29. The van der Waals surface area contributed by atoms with E-state index < -0.39 is 0 Å². The molecule has 0 aliphatic carbocycles. The van der Waals surface area contributed by atoms with Gasteiger partial charge in [-0.05, 0) is 25.0 Å². The van der Waals surface area contributed by atoms with Gasteiger partial charge in [0.05, 0.1) is 12.2 Å². The first kappa shape index (κ1) is 16.7. The number of benzene rings is 2. The Morgan fingerprint density at radius 2 is 1.42 bits per heavy atom. The van der Waals surface area contributed by atoms with E-state index in [2.05, 4.69) is 24.3 Å². The zero-order valence-electron chi connectivity index (χ0n) is 14.4. The Kier molecular flexibility index (Phi) is 5.31. The highest BCUT2D eigenvalue weighted by atomic mass is 16.5. The molecule has 0 radical (unpaired) electrons. The van der Waals surface area contributed by atoms with Crippen LogP contribution in [0.4, 0.5) is 0 Å². The molecule has 0 saturated carbocycles. The number of morpholine rings is 1. The summed E-state index contributed by atoms with van der Waals surface area (Å²) in [6, 6.07) is 20.6. The number of nitrogens with zero attached hydrogens (tertiary/aromatic N) is 1. The normalized spacial score (nSPS) is 21.0. The van der Waals surface area contributed by atoms with Crippen LogP contribution in [0.2, 0.25) is 0 Å². The minimum atomic E-state index is 0.0911. The molecule has 2 aromatic carbocycles. The van der Waals surface area contributed by atoms with Crippen LogP contribution in [0.5, 0.6) is 0 Å². The van der Waals surface area contributed by atoms with E-state index in [4.69, 9.17) is 4.74 Å². The Morgan fingerprint density at radius 3 is 1.88 bits per heavy atom. The van der Waals surface area contributed by atoms with Crippen LogP contribution in [0.15, 0.2) is 60.7 Å². The van der Waals surface area contributed by atoms with Crippen LogP contribution >= 0.6 is 0 Å². The minimum absolute atomic E-state index is 0.0911. The van der Waals surface area contributed by atoms with Crippen LogP contribution in [-0.2, 0) is 9.53 Å². The second-order valence-electron chi connectivity index (χ2n) is 6.63. The molecule has 3 nitrogen and oxygen atoms in total. The number of carbonyl (C=O) groups excluding carboxylic acids is 1. The average molecular weight is 323 g/mol. The van der Waals surface area contributed by atoms with Gasteiger partial charge in [0.25, 0.3) is 0 Å². The molecular weight excluding hydrogens is 298 g/mol. The topological polar surface area (TPSA) is 29.5 Å². The lowest BCUT2D eigenvalue weighted by Gasteiger charge is -2.36. The first-order valence-corrected chi connectivity index (χ1v) is 8.66. The molecule has 3 rings (SSSR count). The largest absolute Gasteiger partial charge is 0.372 e. The molecule has 0 bridgehead atoms. The van der Waals surface area contributed by atoms with Crippen molar-refractivity contribution in [2.75, 3.05) is 13.1 Å². The van der Waals surface area contributed by atoms with Gasteiger partial charge >= 0.3 is 0 Å². The van der Waals surface area contributed by atoms with Crippen molar-refractivity contribution in [1.82, 2.24) is 4.90 Å². The Labute approximate surface area is 144 Å². The highest BCUT2D eigenvalue weighted by Gasteiger charge is 2.28. The van der Waals surface area contributed by atoms with E-state index in [1.165, 1.54) is 11.1 Å². The van der Waals surface area contributed by atoms with E-state index in [0.29, 0.717) is 19.5 Å². The van der Waals surface area contributed by atoms with E-state index >= 15 is 0 Å². The van der Waals surface area contributed by atoms with Crippen molar-refractivity contribution in [3.05, 3.63) is 71.8 Å². The third kappa shape index (κ3) is 4.04. The molecule has 0 N–H and O–H groups in total. The van der Waals surface area contributed by atoms with Gasteiger partial charge in [0.1, 0.15) is 0 Å². The summed E-state index contributed by atoms with van der Waals surface area (Å²) in [5.74, 6) is 0.295. The summed E-state index contributed by atoms with van der Waals surface area (Å²) in [5.41, 5.74) is 2.37. The summed E-state index contributed by atoms with van der Waals surface area (Å²) in [6.45, 7) is 5.42. The number of rotatable bonds is 4. The molecule has 0 spiro atoms. The summed E-state index contributed by atoms with van der Waals surface area (Å²) in [5, 5.41) is 0. The van der Waals surface area contributed by atoms with Crippen LogP contribution in [0.25, 0.3) is 0 Å². The molecule has 1 heterocycles. The SMILES string of the molecule is C[C@H]1CN(C(=O)CC(c2ccccc2)c2ccccc2)C[C@H](C)O1. The van der Waals surface area contributed by atoms with Crippen molar-refractivity contribution in [3.8, 4) is 0 Å². The molecule has 0 unspecified atom stereocenters. The van der Waals surface area contributed by atoms with Gasteiger partial charge in [-0.15, -0.1) is 0 Å². The lowest BCUT2D eigenvalue weighted by Crippen LogP contribution is -2.48. The predicted molar refractivity (Wildman–Crippen MR) is 95.9 cm³/mol. The van der Waals surface area contributed by atoms with E-state index in [1.807, 2.05) is 55.1 Å². The predicted octanol–water partition coefficient (Wildman–Crippen LogP) is 3.84. The van der Waals surface area contributed by atoms with Crippen molar-refractivity contribution in [2.45, 2.75) is 38.4 Å². The first-order chi connectivity index (χ1) is 11.6. The maximum Gasteiger partial charge on any atom is 0.223 e. The summed E-state index contributed by atoms with van der Waals surface area (Å²) in [6.07, 6.45) is 0.696. The molecule has 1 aliphatic rings. The van der Waals surface area contributed by atoms with Crippen molar-refractivity contribution >= 4 is 5.91 Å². The zero-order chi connectivity index (χ0) is 16.9. The third-order valence-electron chi connectivity index (χ3n) is 4.55. The average Bonchev–Trinajstić information content (AvgIpc) is 2.60. The molecule has 2 aromatic rings. The van der Waals surface area contributed by atoms with Crippen molar-refractivity contribution in [3.63, 3.8) is 0 Å². The van der Waals surface area contributed by atoms with Gasteiger partial charge in [0.15, 0.2) is 0 Å². The molecular formula is C21H25NO2. The van der Waals surface area contributed by atoms with Gasteiger partial charge in [-0.25, -0.2) is 0 Å². The number of hydrogen-bond acceptors (Lipinski definition) is 2. The fourth-order valence-electron chi connectivity index (χ4n) is 3.48. The van der Waals surface area contributed by atoms with E-state index in [1.54, 1.807) is 0 Å². The Hall–Kier alpha value is -2.13. The third-order valence-corrected chi connectivity index (χ3v) is 4.55. The van der Waals surface area contributed by atoms with Gasteiger partial charge < -0.3 is 9.64 Å². The van der Waals surface area contributed by atoms with E-state index in [9.17, 15) is 4.79 Å². The molecule has 0 aromatic heterocycles. The lowest BCUT2D eigenvalue weighted by molar-refractivity contribution is -0.143. The number of hydrogen-bond donors (Lipinski definition) is 0. The lowest BCUT2D eigenvalue weighted by atomic mass is 9.88. The standard InChI is InChI=1S/C21H25NO2/c1-16-14-22(15-17(2)24-16)21(23)13-20(18-9-5-3-6-10-18)19-11-7-4-8-12-19/h3-12,16-17,20H,13-15H2,1-2H3/t16-,17-/m0/s1. The fourth-order valence-corrected chi connectivity index (χ4v) is 3.48. The first-order valence-electron chi connectivity index (χ1n) is 8.66. The van der Waals surface area contributed by atoms with E-state index in [0.717, 1.165) is 0 Å². The summed E-state index contributed by atoms with van der Waals surface area (Å²) < 4.78 is 5.75. The van der Waals surface area contributed by atoms with Crippen LogP contribution in [0.3, 0.4) is 0 Å². The Morgan fingerprint density at radius 1 is 0.958 bits per heavy atom. The molecule has 24 heavy (non-hydrogen) atoms. The molecule has 126 valence electrons. The molecule has 2 atom stereocenters.